The molecule has 1 aromatic heterocycles. The number of piperazine rings is 1. The van der Waals surface area contributed by atoms with Gasteiger partial charge in [-0.05, 0) is 22.0 Å². The number of pyridine rings is 1. The van der Waals surface area contributed by atoms with Gasteiger partial charge in [0, 0.05) is 41.9 Å². The fourth-order valence-corrected chi connectivity index (χ4v) is 2.14. The summed E-state index contributed by atoms with van der Waals surface area (Å²) in [4.78, 5) is 4.10. The van der Waals surface area contributed by atoms with E-state index in [1.807, 2.05) is 6.07 Å². The normalized spacial score (nSPS) is 22.3. The van der Waals surface area contributed by atoms with Crippen LogP contribution in [-0.4, -0.2) is 24.6 Å². The van der Waals surface area contributed by atoms with E-state index in [0.717, 1.165) is 29.7 Å². The topological polar surface area (TPSA) is 37.0 Å². The van der Waals surface area contributed by atoms with E-state index in [1.165, 1.54) is 0 Å². The van der Waals surface area contributed by atoms with Gasteiger partial charge in [0.2, 0.25) is 0 Å². The summed E-state index contributed by atoms with van der Waals surface area (Å²) in [5, 5.41) is 7.29. The zero-order valence-corrected chi connectivity index (χ0v) is 9.90. The Morgan fingerprint density at radius 1 is 1.50 bits per heavy atom. The predicted octanol–water partition coefficient (Wildman–Crippen LogP) is 1.73. The standard InChI is InChI=1S/C9H11BrClN3/c10-6-3-7(9(11)14-4-6)8-5-12-1-2-13-8/h3-4,8,12-13H,1-2,5H2. The molecule has 2 heterocycles. The van der Waals surface area contributed by atoms with Gasteiger partial charge in [-0.3, -0.25) is 0 Å². The molecular formula is C9H11BrClN3. The van der Waals surface area contributed by atoms with Crippen LogP contribution < -0.4 is 10.6 Å². The van der Waals surface area contributed by atoms with Crippen molar-refractivity contribution >= 4 is 27.5 Å². The van der Waals surface area contributed by atoms with E-state index in [1.54, 1.807) is 6.20 Å². The second-order valence-electron chi connectivity index (χ2n) is 3.24. The van der Waals surface area contributed by atoms with E-state index < -0.39 is 0 Å². The van der Waals surface area contributed by atoms with Gasteiger partial charge in [0.15, 0.2) is 0 Å². The summed E-state index contributed by atoms with van der Waals surface area (Å²) >= 11 is 9.42. The van der Waals surface area contributed by atoms with Crippen molar-refractivity contribution in [3.05, 3.63) is 27.5 Å². The Kier molecular flexibility index (Phi) is 3.38. The Hall–Kier alpha value is -0.160. The molecule has 0 bridgehead atoms. The molecule has 0 saturated carbocycles. The Morgan fingerprint density at radius 2 is 2.36 bits per heavy atom. The molecule has 1 atom stereocenters. The third-order valence-corrected chi connectivity index (χ3v) is 3.00. The van der Waals surface area contributed by atoms with E-state index in [4.69, 9.17) is 11.6 Å². The number of hydrogen-bond acceptors (Lipinski definition) is 3. The maximum absolute atomic E-state index is 6.03. The van der Waals surface area contributed by atoms with Gasteiger partial charge >= 0.3 is 0 Å². The molecule has 1 aliphatic heterocycles. The molecule has 1 aliphatic rings. The third kappa shape index (κ3) is 2.25. The van der Waals surface area contributed by atoms with Gasteiger partial charge in [0.25, 0.3) is 0 Å². The van der Waals surface area contributed by atoms with Gasteiger partial charge < -0.3 is 10.6 Å². The Labute approximate surface area is 96.4 Å². The van der Waals surface area contributed by atoms with Crippen molar-refractivity contribution in [3.63, 3.8) is 0 Å². The van der Waals surface area contributed by atoms with E-state index in [9.17, 15) is 0 Å². The summed E-state index contributed by atoms with van der Waals surface area (Å²) < 4.78 is 0.962. The largest absolute Gasteiger partial charge is 0.314 e. The molecule has 1 aromatic rings. The maximum Gasteiger partial charge on any atom is 0.133 e. The summed E-state index contributed by atoms with van der Waals surface area (Å²) in [7, 11) is 0. The molecular weight excluding hydrogens is 265 g/mol. The molecule has 14 heavy (non-hydrogen) atoms. The molecule has 0 radical (unpaired) electrons. The van der Waals surface area contributed by atoms with Crippen LogP contribution in [0.25, 0.3) is 0 Å². The average Bonchev–Trinajstić information content (AvgIpc) is 2.23. The zero-order valence-electron chi connectivity index (χ0n) is 7.56. The Morgan fingerprint density at radius 3 is 3.07 bits per heavy atom. The van der Waals surface area contributed by atoms with Crippen LogP contribution in [0.1, 0.15) is 11.6 Å². The predicted molar refractivity (Wildman–Crippen MR) is 60.6 cm³/mol. The van der Waals surface area contributed by atoms with Gasteiger partial charge in [0.1, 0.15) is 5.15 Å². The van der Waals surface area contributed by atoms with Gasteiger partial charge in [-0.25, -0.2) is 4.98 Å². The number of halogens is 2. The van der Waals surface area contributed by atoms with Crippen LogP contribution in [-0.2, 0) is 0 Å². The molecule has 1 unspecified atom stereocenters. The summed E-state index contributed by atoms with van der Waals surface area (Å²) in [6.45, 7) is 2.88. The fraction of sp³-hybridized carbons (Fsp3) is 0.444. The van der Waals surface area contributed by atoms with Crippen LogP contribution in [0, 0.1) is 0 Å². The Balaban J connectivity index is 2.24. The highest BCUT2D eigenvalue weighted by molar-refractivity contribution is 9.10. The highest BCUT2D eigenvalue weighted by Gasteiger charge is 2.17. The number of nitrogens with one attached hydrogen (secondary N) is 2. The smallest absolute Gasteiger partial charge is 0.133 e. The molecule has 76 valence electrons. The van der Waals surface area contributed by atoms with Crippen molar-refractivity contribution in [3.8, 4) is 0 Å². The molecule has 0 amide bonds. The fourth-order valence-electron chi connectivity index (χ4n) is 1.56. The average molecular weight is 277 g/mol. The Bertz CT molecular complexity index is 326. The first-order chi connectivity index (χ1) is 6.77. The van der Waals surface area contributed by atoms with E-state index in [0.29, 0.717) is 5.15 Å². The SMILES string of the molecule is Clc1ncc(Br)cc1C1CNCCN1. The second kappa shape index (κ2) is 4.57. The highest BCUT2D eigenvalue weighted by atomic mass is 79.9. The quantitative estimate of drug-likeness (QED) is 0.767. The van der Waals surface area contributed by atoms with Crippen molar-refractivity contribution in [2.75, 3.05) is 19.6 Å². The number of hydrogen-bond donors (Lipinski definition) is 2. The molecule has 1 saturated heterocycles. The van der Waals surface area contributed by atoms with E-state index in [2.05, 4.69) is 31.5 Å². The van der Waals surface area contributed by atoms with E-state index in [-0.39, 0.29) is 6.04 Å². The van der Waals surface area contributed by atoms with Crippen LogP contribution in [0.4, 0.5) is 0 Å². The lowest BCUT2D eigenvalue weighted by atomic mass is 10.1. The lowest BCUT2D eigenvalue weighted by Crippen LogP contribution is -2.42. The summed E-state index contributed by atoms with van der Waals surface area (Å²) in [6, 6.07) is 2.28. The minimum Gasteiger partial charge on any atom is -0.314 e. The summed E-state index contributed by atoms with van der Waals surface area (Å²) in [5.41, 5.74) is 1.05. The second-order valence-corrected chi connectivity index (χ2v) is 4.52. The van der Waals surface area contributed by atoms with Crippen LogP contribution in [0.15, 0.2) is 16.7 Å². The van der Waals surface area contributed by atoms with Crippen LogP contribution in [0.2, 0.25) is 5.15 Å². The lowest BCUT2D eigenvalue weighted by Gasteiger charge is -2.25. The van der Waals surface area contributed by atoms with Crippen LogP contribution in [0.3, 0.4) is 0 Å². The van der Waals surface area contributed by atoms with E-state index >= 15 is 0 Å². The molecule has 0 spiro atoms. The summed E-state index contributed by atoms with van der Waals surface area (Å²) in [5.74, 6) is 0. The third-order valence-electron chi connectivity index (χ3n) is 2.25. The molecule has 3 nitrogen and oxygen atoms in total. The minimum atomic E-state index is 0.265. The monoisotopic (exact) mass is 275 g/mol. The first kappa shape index (κ1) is 10.4. The first-order valence-corrected chi connectivity index (χ1v) is 5.69. The molecule has 2 rings (SSSR count). The van der Waals surface area contributed by atoms with Gasteiger partial charge in [0.05, 0.1) is 0 Å². The van der Waals surface area contributed by atoms with Crippen LogP contribution >= 0.6 is 27.5 Å². The highest BCUT2D eigenvalue weighted by Crippen LogP contribution is 2.24. The van der Waals surface area contributed by atoms with Crippen molar-refractivity contribution in [1.82, 2.24) is 15.6 Å². The molecule has 5 heteroatoms. The van der Waals surface area contributed by atoms with Gasteiger partial charge in [-0.1, -0.05) is 11.6 Å². The van der Waals surface area contributed by atoms with Crippen molar-refractivity contribution in [1.29, 1.82) is 0 Å². The zero-order chi connectivity index (χ0) is 9.97. The van der Waals surface area contributed by atoms with Crippen molar-refractivity contribution in [2.45, 2.75) is 6.04 Å². The van der Waals surface area contributed by atoms with Gasteiger partial charge in [-0.2, -0.15) is 0 Å². The minimum absolute atomic E-state index is 0.265. The molecule has 1 fully saturated rings. The summed E-state index contributed by atoms with van der Waals surface area (Å²) in [6.07, 6.45) is 1.71. The van der Waals surface area contributed by atoms with Crippen LogP contribution in [0.5, 0.6) is 0 Å². The molecule has 2 N–H and O–H groups in total. The van der Waals surface area contributed by atoms with Gasteiger partial charge in [-0.15, -0.1) is 0 Å². The first-order valence-electron chi connectivity index (χ1n) is 4.52. The number of nitrogens with zero attached hydrogens (tertiary/aromatic N) is 1. The van der Waals surface area contributed by atoms with Crippen molar-refractivity contribution < 1.29 is 0 Å². The lowest BCUT2D eigenvalue weighted by molar-refractivity contribution is 0.429. The number of aromatic nitrogens is 1. The number of rotatable bonds is 1. The van der Waals surface area contributed by atoms with Crippen molar-refractivity contribution in [2.24, 2.45) is 0 Å². The molecule has 0 aromatic carbocycles. The molecule has 0 aliphatic carbocycles. The maximum atomic E-state index is 6.03.